The average molecular weight is 667 g/mol. The fraction of sp³-hybridized carbons (Fsp3) is 0.211. The second-order valence-electron chi connectivity index (χ2n) is 13.5. The Labute approximate surface area is 275 Å². The first-order valence-corrected chi connectivity index (χ1v) is 16.6. The third kappa shape index (κ3) is 3.99. The molecule has 47 heavy (non-hydrogen) atoms. The Morgan fingerprint density at radius 2 is 1.32 bits per heavy atom. The van der Waals surface area contributed by atoms with E-state index < -0.39 is 40.3 Å². The van der Waals surface area contributed by atoms with Crippen LogP contribution >= 0.6 is 22.7 Å². The summed E-state index contributed by atoms with van der Waals surface area (Å²) in [5.74, 6) is -2.70. The fourth-order valence-corrected chi connectivity index (χ4v) is 10.5. The molecule has 2 heterocycles. The lowest BCUT2D eigenvalue weighted by atomic mass is 9.79. The first kappa shape index (κ1) is 29.9. The van der Waals surface area contributed by atoms with Gasteiger partial charge < -0.3 is 0 Å². The first-order chi connectivity index (χ1) is 22.0. The number of alkyl halides is 3. The van der Waals surface area contributed by atoms with Crippen molar-refractivity contribution in [2.24, 2.45) is 5.41 Å². The van der Waals surface area contributed by atoms with Gasteiger partial charge in [-0.1, -0.05) is 57.5 Å². The number of hydrogen-bond donors (Lipinski definition) is 0. The first-order valence-electron chi connectivity index (χ1n) is 15.0. The van der Waals surface area contributed by atoms with Crippen molar-refractivity contribution < 1.29 is 32.3 Å². The molecule has 8 rings (SSSR count). The summed E-state index contributed by atoms with van der Waals surface area (Å²) in [6.45, 7) is 10.5. The zero-order chi connectivity index (χ0) is 33.5. The minimum atomic E-state index is -4.62. The van der Waals surface area contributed by atoms with Crippen LogP contribution in [0.5, 0.6) is 0 Å². The molecule has 0 atom stereocenters. The molecule has 0 radical (unpaired) electrons. The predicted octanol–water partition coefficient (Wildman–Crippen LogP) is 9.46. The van der Waals surface area contributed by atoms with Crippen molar-refractivity contribution in [1.82, 2.24) is 0 Å². The van der Waals surface area contributed by atoms with Crippen molar-refractivity contribution in [3.63, 3.8) is 0 Å². The zero-order valence-electron chi connectivity index (χ0n) is 25.9. The minimum Gasteiger partial charge on any atom is -0.285 e. The number of carbonyl (C=O) groups is 4. The van der Waals surface area contributed by atoms with Crippen LogP contribution in [0.2, 0.25) is 0 Å². The van der Waals surface area contributed by atoms with E-state index in [4.69, 9.17) is 0 Å². The maximum absolute atomic E-state index is 13.3. The Morgan fingerprint density at radius 1 is 0.702 bits per heavy atom. The van der Waals surface area contributed by atoms with Crippen LogP contribution in [0, 0.1) is 12.3 Å². The number of carbonyl (C=O) groups excluding carboxylic acids is 4. The summed E-state index contributed by atoms with van der Waals surface area (Å²) >= 11 is 3.14. The zero-order valence-corrected chi connectivity index (χ0v) is 27.5. The standard InChI is InChI=1S/C38H25F3O4S2/c1-16-6-8-20-22(10-16)30(42)32(44)24(20)12-18-13-26-28(36(18,2)3)35-29(37(26,4)5)34-27(47-35)15-19(46-34)14-25-21-9-7-17(38(39,40)41)11-23(21)31(43)33(25)45/h6-15H,1-5H3/b24-12-,25-14-. The van der Waals surface area contributed by atoms with Crippen LogP contribution in [0.3, 0.4) is 0 Å². The summed E-state index contributed by atoms with van der Waals surface area (Å²) in [7, 11) is 0. The molecule has 0 fully saturated rings. The van der Waals surface area contributed by atoms with Gasteiger partial charge in [-0.25, -0.2) is 0 Å². The van der Waals surface area contributed by atoms with Gasteiger partial charge in [-0.05, 0) is 76.8 Å². The highest BCUT2D eigenvalue weighted by atomic mass is 32.1. The molecular weight excluding hydrogens is 642 g/mol. The Morgan fingerprint density at radius 3 is 1.98 bits per heavy atom. The van der Waals surface area contributed by atoms with Gasteiger partial charge in [-0.15, -0.1) is 22.7 Å². The molecule has 0 spiro atoms. The summed E-state index contributed by atoms with van der Waals surface area (Å²) in [6, 6.07) is 10.3. The van der Waals surface area contributed by atoms with E-state index in [0.29, 0.717) is 16.7 Å². The van der Waals surface area contributed by atoms with Gasteiger partial charge >= 0.3 is 6.18 Å². The van der Waals surface area contributed by atoms with Crippen LogP contribution in [0.1, 0.15) is 86.0 Å². The quantitative estimate of drug-likeness (QED) is 0.158. The highest BCUT2D eigenvalue weighted by Crippen LogP contribution is 2.64. The van der Waals surface area contributed by atoms with Crippen LogP contribution in [0.25, 0.3) is 32.2 Å². The van der Waals surface area contributed by atoms with Gasteiger partial charge in [0.15, 0.2) is 0 Å². The van der Waals surface area contributed by atoms with E-state index in [1.807, 2.05) is 31.2 Å². The number of benzene rings is 2. The monoisotopic (exact) mass is 666 g/mol. The highest BCUT2D eigenvalue weighted by Gasteiger charge is 2.50. The number of halogens is 3. The molecule has 2 aromatic heterocycles. The Hall–Kier alpha value is -4.47. The Balaban J connectivity index is 1.18. The smallest absolute Gasteiger partial charge is 0.285 e. The van der Waals surface area contributed by atoms with Gasteiger partial charge in [0.2, 0.25) is 23.1 Å². The number of fused-ring (bicyclic) bond motifs is 6. The molecular formula is C38H25F3O4S2. The maximum atomic E-state index is 13.3. The van der Waals surface area contributed by atoms with Gasteiger partial charge in [-0.2, -0.15) is 13.2 Å². The van der Waals surface area contributed by atoms with Crippen molar-refractivity contribution in [1.29, 1.82) is 0 Å². The number of allylic oxidation sites excluding steroid dienone is 7. The van der Waals surface area contributed by atoms with E-state index in [2.05, 4.69) is 33.8 Å². The summed E-state index contributed by atoms with van der Waals surface area (Å²) in [5.41, 5.74) is 5.21. The number of Topliss-reactive ketones (excluding diaryl/α,β-unsaturated/α-hetero) is 4. The molecule has 0 aliphatic heterocycles. The number of thiophene rings is 2. The summed E-state index contributed by atoms with van der Waals surface area (Å²) in [6.07, 6.45) is 1.02. The van der Waals surface area contributed by atoms with Crippen LogP contribution in [0.15, 0.2) is 65.8 Å². The van der Waals surface area contributed by atoms with Crippen molar-refractivity contribution in [3.8, 4) is 0 Å². The molecule has 0 N–H and O–H groups in total. The molecule has 234 valence electrons. The van der Waals surface area contributed by atoms with Crippen molar-refractivity contribution in [2.75, 3.05) is 0 Å². The molecule has 0 bridgehead atoms. The lowest BCUT2D eigenvalue weighted by Gasteiger charge is -2.25. The molecule has 4 aliphatic rings. The second kappa shape index (κ2) is 9.33. The minimum absolute atomic E-state index is 0.0996. The van der Waals surface area contributed by atoms with Crippen LogP contribution in [-0.2, 0) is 21.2 Å². The number of aryl methyl sites for hydroxylation is 1. The molecule has 9 heteroatoms. The topological polar surface area (TPSA) is 68.3 Å². The summed E-state index contributed by atoms with van der Waals surface area (Å²) in [5, 5.41) is 0. The SMILES string of the molecule is Cc1ccc2c(c1)C(=O)C(=O)/C2=C\C1=CC2=C(c3sc4cc(/C=C5\C(=O)C(=O)c6cc(C(F)(F)F)ccc65)sc4c3C2(C)C)C1(C)C. The molecule has 0 amide bonds. The second-order valence-corrected chi connectivity index (χ2v) is 15.7. The number of hydrogen-bond acceptors (Lipinski definition) is 6. The van der Waals surface area contributed by atoms with Gasteiger partial charge in [-0.3, -0.25) is 19.2 Å². The highest BCUT2D eigenvalue weighted by molar-refractivity contribution is 7.29. The predicted molar refractivity (Wildman–Crippen MR) is 179 cm³/mol. The van der Waals surface area contributed by atoms with Crippen LogP contribution in [-0.4, -0.2) is 23.1 Å². The largest absolute Gasteiger partial charge is 0.416 e. The van der Waals surface area contributed by atoms with Crippen LogP contribution < -0.4 is 0 Å². The molecule has 0 unspecified atom stereocenters. The molecule has 4 nitrogen and oxygen atoms in total. The summed E-state index contributed by atoms with van der Waals surface area (Å²) in [4.78, 5) is 53.4. The van der Waals surface area contributed by atoms with Crippen LogP contribution in [0.4, 0.5) is 13.2 Å². The van der Waals surface area contributed by atoms with Crippen molar-refractivity contribution in [3.05, 3.63) is 114 Å². The number of rotatable bonds is 2. The van der Waals surface area contributed by atoms with Gasteiger partial charge in [0.1, 0.15) is 0 Å². The maximum Gasteiger partial charge on any atom is 0.416 e. The number of ketones is 4. The van der Waals surface area contributed by atoms with E-state index in [0.717, 1.165) is 48.0 Å². The molecule has 0 saturated heterocycles. The normalized spacial score (nSPS) is 21.0. The molecule has 0 saturated carbocycles. The van der Waals surface area contributed by atoms with E-state index in [-0.39, 0.29) is 22.1 Å². The molecule has 2 aromatic carbocycles. The van der Waals surface area contributed by atoms with Crippen molar-refractivity contribution in [2.45, 2.75) is 46.2 Å². The van der Waals surface area contributed by atoms with E-state index >= 15 is 0 Å². The Kier molecular flexibility index (Phi) is 5.93. The summed E-state index contributed by atoms with van der Waals surface area (Å²) < 4.78 is 41.9. The van der Waals surface area contributed by atoms with E-state index in [1.54, 1.807) is 23.5 Å². The van der Waals surface area contributed by atoms with Gasteiger partial charge in [0, 0.05) is 47.6 Å². The fourth-order valence-electron chi connectivity index (χ4n) is 7.41. The van der Waals surface area contributed by atoms with Crippen molar-refractivity contribution >= 4 is 78.0 Å². The van der Waals surface area contributed by atoms with E-state index in [9.17, 15) is 32.3 Å². The van der Waals surface area contributed by atoms with Gasteiger partial charge in [0.05, 0.1) is 10.3 Å². The molecule has 4 aromatic rings. The third-order valence-electron chi connectivity index (χ3n) is 9.90. The third-order valence-corrected chi connectivity index (χ3v) is 12.3. The Bertz CT molecular complexity index is 2370. The molecule has 4 aliphatic carbocycles. The lowest BCUT2D eigenvalue weighted by molar-refractivity contribution is -0.137. The van der Waals surface area contributed by atoms with E-state index in [1.165, 1.54) is 28.5 Å². The van der Waals surface area contributed by atoms with Gasteiger partial charge in [0.25, 0.3) is 0 Å². The average Bonchev–Trinajstić information content (AvgIpc) is 3.76. The lowest BCUT2D eigenvalue weighted by Crippen LogP contribution is -2.15.